The van der Waals surface area contributed by atoms with Crippen LogP contribution >= 0.6 is 15.9 Å². The molecule has 1 aromatic rings. The second-order valence-electron chi connectivity index (χ2n) is 6.17. The van der Waals surface area contributed by atoms with Crippen molar-refractivity contribution in [3.05, 3.63) is 28.2 Å². The standard InChI is InChI=1S/C17H27BrN2O/c1-4-8-19-13(3)14-5-6-16(15(18)10-14)20-9-7-17(21)12(2)11-20/h5-6,10,12-13,17,19,21H,4,7-9,11H2,1-3H3. The Morgan fingerprint density at radius 2 is 2.24 bits per heavy atom. The Kier molecular flexibility index (Phi) is 6.08. The van der Waals surface area contributed by atoms with Crippen LogP contribution in [0.2, 0.25) is 0 Å². The maximum Gasteiger partial charge on any atom is 0.0599 e. The number of nitrogens with one attached hydrogen (secondary N) is 1. The van der Waals surface area contributed by atoms with Gasteiger partial charge in [-0.2, -0.15) is 0 Å². The number of halogens is 1. The zero-order chi connectivity index (χ0) is 15.4. The van der Waals surface area contributed by atoms with Crippen LogP contribution in [0.1, 0.15) is 45.2 Å². The van der Waals surface area contributed by atoms with Crippen LogP contribution in [0.25, 0.3) is 0 Å². The molecule has 2 rings (SSSR count). The van der Waals surface area contributed by atoms with Crippen molar-refractivity contribution in [2.24, 2.45) is 5.92 Å². The third-order valence-corrected chi connectivity index (χ3v) is 5.01. The minimum Gasteiger partial charge on any atom is -0.393 e. The van der Waals surface area contributed by atoms with E-state index < -0.39 is 0 Å². The monoisotopic (exact) mass is 354 g/mol. The van der Waals surface area contributed by atoms with Crippen LogP contribution in [0.5, 0.6) is 0 Å². The number of rotatable bonds is 5. The molecule has 3 unspecified atom stereocenters. The summed E-state index contributed by atoms with van der Waals surface area (Å²) in [5.41, 5.74) is 2.55. The number of piperidine rings is 1. The lowest BCUT2D eigenvalue weighted by Crippen LogP contribution is -2.42. The van der Waals surface area contributed by atoms with Gasteiger partial charge in [0, 0.05) is 23.6 Å². The van der Waals surface area contributed by atoms with E-state index in [0.717, 1.165) is 36.9 Å². The molecule has 1 aromatic carbocycles. The average Bonchev–Trinajstić information content (AvgIpc) is 2.47. The van der Waals surface area contributed by atoms with Gasteiger partial charge in [-0.1, -0.05) is 19.9 Å². The summed E-state index contributed by atoms with van der Waals surface area (Å²) in [4.78, 5) is 2.37. The highest BCUT2D eigenvalue weighted by molar-refractivity contribution is 9.10. The van der Waals surface area contributed by atoms with Crippen LogP contribution in [0.15, 0.2) is 22.7 Å². The molecule has 0 saturated carbocycles. The lowest BCUT2D eigenvalue weighted by Gasteiger charge is -2.36. The normalized spacial score (nSPS) is 24.1. The zero-order valence-corrected chi connectivity index (χ0v) is 14.9. The molecule has 0 aromatic heterocycles. The molecule has 0 bridgehead atoms. The fourth-order valence-electron chi connectivity index (χ4n) is 2.88. The molecule has 3 nitrogen and oxygen atoms in total. The highest BCUT2D eigenvalue weighted by atomic mass is 79.9. The van der Waals surface area contributed by atoms with Crippen molar-refractivity contribution in [3.8, 4) is 0 Å². The van der Waals surface area contributed by atoms with Crippen molar-refractivity contribution in [1.29, 1.82) is 0 Å². The maximum absolute atomic E-state index is 9.86. The van der Waals surface area contributed by atoms with E-state index in [2.05, 4.69) is 65.1 Å². The Morgan fingerprint density at radius 3 is 2.86 bits per heavy atom. The van der Waals surface area contributed by atoms with E-state index in [1.54, 1.807) is 0 Å². The molecule has 1 fully saturated rings. The fraction of sp³-hybridized carbons (Fsp3) is 0.647. The maximum atomic E-state index is 9.86. The predicted molar refractivity (Wildman–Crippen MR) is 92.9 cm³/mol. The van der Waals surface area contributed by atoms with Crippen molar-refractivity contribution in [2.45, 2.75) is 45.8 Å². The van der Waals surface area contributed by atoms with E-state index in [-0.39, 0.29) is 6.10 Å². The van der Waals surface area contributed by atoms with E-state index >= 15 is 0 Å². The van der Waals surface area contributed by atoms with Gasteiger partial charge in [0.25, 0.3) is 0 Å². The van der Waals surface area contributed by atoms with E-state index in [1.165, 1.54) is 11.3 Å². The molecule has 1 saturated heterocycles. The third kappa shape index (κ3) is 4.21. The molecule has 1 aliphatic heterocycles. The lowest BCUT2D eigenvalue weighted by atomic mass is 9.96. The first-order valence-corrected chi connectivity index (χ1v) is 8.78. The number of aliphatic hydroxyl groups is 1. The first-order chi connectivity index (χ1) is 10.0. The summed E-state index contributed by atoms with van der Waals surface area (Å²) in [6.45, 7) is 9.40. The van der Waals surface area contributed by atoms with Crippen molar-refractivity contribution in [1.82, 2.24) is 5.32 Å². The molecule has 1 aliphatic rings. The Morgan fingerprint density at radius 1 is 1.48 bits per heavy atom. The SMILES string of the molecule is CCCNC(C)c1ccc(N2CCC(O)C(C)C2)c(Br)c1. The van der Waals surface area contributed by atoms with Crippen molar-refractivity contribution >= 4 is 21.6 Å². The second kappa shape index (κ2) is 7.61. The van der Waals surface area contributed by atoms with Gasteiger partial charge in [0.2, 0.25) is 0 Å². The topological polar surface area (TPSA) is 35.5 Å². The van der Waals surface area contributed by atoms with Crippen molar-refractivity contribution in [3.63, 3.8) is 0 Å². The number of aliphatic hydroxyl groups excluding tert-OH is 1. The van der Waals surface area contributed by atoms with Gasteiger partial charge in [-0.3, -0.25) is 0 Å². The molecule has 3 atom stereocenters. The minimum absolute atomic E-state index is 0.155. The van der Waals surface area contributed by atoms with Gasteiger partial charge in [0.1, 0.15) is 0 Å². The highest BCUT2D eigenvalue weighted by Gasteiger charge is 2.25. The van der Waals surface area contributed by atoms with Crippen molar-refractivity contribution < 1.29 is 5.11 Å². The van der Waals surface area contributed by atoms with Crippen LogP contribution in [0, 0.1) is 5.92 Å². The largest absolute Gasteiger partial charge is 0.393 e. The summed E-state index contributed by atoms with van der Waals surface area (Å²) in [7, 11) is 0. The summed E-state index contributed by atoms with van der Waals surface area (Å²) in [5, 5.41) is 13.4. The first-order valence-electron chi connectivity index (χ1n) is 7.98. The van der Waals surface area contributed by atoms with Crippen LogP contribution < -0.4 is 10.2 Å². The molecule has 0 amide bonds. The second-order valence-corrected chi connectivity index (χ2v) is 7.02. The zero-order valence-electron chi connectivity index (χ0n) is 13.3. The number of anilines is 1. The fourth-order valence-corrected chi connectivity index (χ4v) is 3.53. The summed E-state index contributed by atoms with van der Waals surface area (Å²) >= 11 is 3.72. The van der Waals surface area contributed by atoms with E-state index in [4.69, 9.17) is 0 Å². The highest BCUT2D eigenvalue weighted by Crippen LogP contribution is 2.32. The first kappa shape index (κ1) is 16.8. The molecule has 118 valence electrons. The van der Waals surface area contributed by atoms with Crippen LogP contribution in [-0.2, 0) is 0 Å². The molecule has 0 radical (unpaired) electrons. The predicted octanol–water partition coefficient (Wildman–Crippen LogP) is 3.72. The van der Waals surface area contributed by atoms with Gasteiger partial charge in [0.05, 0.1) is 11.8 Å². The molecule has 4 heteroatoms. The van der Waals surface area contributed by atoms with Crippen LogP contribution in [0.4, 0.5) is 5.69 Å². The van der Waals surface area contributed by atoms with Gasteiger partial charge in [-0.05, 0) is 65.9 Å². The van der Waals surface area contributed by atoms with E-state index in [1.807, 2.05) is 0 Å². The molecule has 1 heterocycles. The van der Waals surface area contributed by atoms with Gasteiger partial charge >= 0.3 is 0 Å². The Bertz CT molecular complexity index is 466. The molecule has 21 heavy (non-hydrogen) atoms. The quantitative estimate of drug-likeness (QED) is 0.845. The Labute approximate surface area is 136 Å². The molecule has 2 N–H and O–H groups in total. The lowest BCUT2D eigenvalue weighted by molar-refractivity contribution is 0.0970. The Balaban J connectivity index is 2.08. The molecule has 0 spiro atoms. The van der Waals surface area contributed by atoms with Gasteiger partial charge in [-0.15, -0.1) is 0 Å². The van der Waals surface area contributed by atoms with Crippen molar-refractivity contribution in [2.75, 3.05) is 24.5 Å². The third-order valence-electron chi connectivity index (χ3n) is 4.37. The number of hydrogen-bond acceptors (Lipinski definition) is 3. The summed E-state index contributed by atoms with van der Waals surface area (Å²) < 4.78 is 1.15. The Hall–Kier alpha value is -0.580. The average molecular weight is 355 g/mol. The summed E-state index contributed by atoms with van der Waals surface area (Å²) in [5.74, 6) is 0.329. The van der Waals surface area contributed by atoms with Crippen LogP contribution in [-0.4, -0.2) is 30.8 Å². The number of benzene rings is 1. The number of nitrogens with zero attached hydrogens (tertiary/aromatic N) is 1. The van der Waals surface area contributed by atoms with Gasteiger partial charge in [0.15, 0.2) is 0 Å². The number of hydrogen-bond donors (Lipinski definition) is 2. The molecular weight excluding hydrogens is 328 g/mol. The molecular formula is C17H27BrN2O. The van der Waals surface area contributed by atoms with E-state index in [9.17, 15) is 5.11 Å². The van der Waals surface area contributed by atoms with Gasteiger partial charge in [-0.25, -0.2) is 0 Å². The molecule has 0 aliphatic carbocycles. The van der Waals surface area contributed by atoms with E-state index in [0.29, 0.717) is 12.0 Å². The summed E-state index contributed by atoms with van der Waals surface area (Å²) in [6, 6.07) is 7.01. The van der Waals surface area contributed by atoms with Gasteiger partial charge < -0.3 is 15.3 Å². The smallest absolute Gasteiger partial charge is 0.0599 e. The van der Waals surface area contributed by atoms with Crippen LogP contribution in [0.3, 0.4) is 0 Å². The minimum atomic E-state index is -0.155. The summed E-state index contributed by atoms with van der Waals surface area (Å²) in [6.07, 6.45) is 1.85.